The molecule has 1 heterocycles. The predicted octanol–water partition coefficient (Wildman–Crippen LogP) is 1.20. The Labute approximate surface area is 88.2 Å². The Morgan fingerprint density at radius 2 is 2.00 bits per heavy atom. The fraction of sp³-hybridized carbons (Fsp3) is 0.375. The zero-order valence-corrected chi connectivity index (χ0v) is 8.11. The number of hydrogen-bond acceptors (Lipinski definition) is 5. The molecule has 0 saturated carbocycles. The van der Waals surface area contributed by atoms with Crippen LogP contribution in [0.5, 0.6) is 5.88 Å². The highest BCUT2D eigenvalue weighted by Gasteiger charge is 2.30. The van der Waals surface area contributed by atoms with Crippen LogP contribution in [0.25, 0.3) is 0 Å². The first-order valence-electron chi connectivity index (χ1n) is 4.03. The molecule has 0 aromatic carbocycles. The molecular weight excluding hydrogens is 229 g/mol. The molecule has 0 spiro atoms. The van der Waals surface area contributed by atoms with Gasteiger partial charge < -0.3 is 9.47 Å². The van der Waals surface area contributed by atoms with Crippen LogP contribution in [0.1, 0.15) is 10.5 Å². The van der Waals surface area contributed by atoms with E-state index in [1.165, 1.54) is 0 Å². The maximum Gasteiger partial charge on any atom is 0.422 e. The Morgan fingerprint density at radius 1 is 1.38 bits per heavy atom. The molecule has 16 heavy (non-hydrogen) atoms. The summed E-state index contributed by atoms with van der Waals surface area (Å²) in [4.78, 5) is 18.1. The van der Waals surface area contributed by atoms with E-state index in [-0.39, 0.29) is 0 Å². The second-order valence-electron chi connectivity index (χ2n) is 2.61. The monoisotopic (exact) mass is 236 g/mol. The Kier molecular flexibility index (Phi) is 3.64. The highest BCUT2D eigenvalue weighted by atomic mass is 19.4. The molecule has 0 radical (unpaired) electrons. The van der Waals surface area contributed by atoms with Crippen molar-refractivity contribution in [3.8, 4) is 5.88 Å². The Hall–Kier alpha value is -1.86. The number of esters is 1. The van der Waals surface area contributed by atoms with Crippen LogP contribution in [0.4, 0.5) is 13.2 Å². The first kappa shape index (κ1) is 12.2. The van der Waals surface area contributed by atoms with Crippen molar-refractivity contribution in [3.63, 3.8) is 0 Å². The van der Waals surface area contributed by atoms with Gasteiger partial charge in [0.2, 0.25) is 11.6 Å². The third-order valence-electron chi connectivity index (χ3n) is 1.42. The van der Waals surface area contributed by atoms with Gasteiger partial charge in [-0.15, -0.1) is 0 Å². The quantitative estimate of drug-likeness (QED) is 0.738. The van der Waals surface area contributed by atoms with Crippen LogP contribution >= 0.6 is 0 Å². The molecular formula is C8H7F3N2O3. The number of rotatable bonds is 3. The Bertz CT molecular complexity index is 381. The highest BCUT2D eigenvalue weighted by molar-refractivity contribution is 5.89. The zero-order chi connectivity index (χ0) is 12.2. The topological polar surface area (TPSA) is 61.3 Å². The van der Waals surface area contributed by atoms with E-state index >= 15 is 0 Å². The summed E-state index contributed by atoms with van der Waals surface area (Å²) in [6.07, 6.45) is -2.25. The molecule has 1 rings (SSSR count). The van der Waals surface area contributed by atoms with Crippen LogP contribution in [0.15, 0.2) is 12.4 Å². The molecule has 0 amide bonds. The minimum atomic E-state index is -4.51. The minimum absolute atomic E-state index is 0.394. The summed E-state index contributed by atoms with van der Waals surface area (Å²) in [7, 11) is 1.07. The second kappa shape index (κ2) is 4.77. The summed E-state index contributed by atoms with van der Waals surface area (Å²) in [6.45, 7) is -1.55. The lowest BCUT2D eigenvalue weighted by molar-refractivity contribution is -0.154. The van der Waals surface area contributed by atoms with Crippen molar-refractivity contribution >= 4 is 5.97 Å². The highest BCUT2D eigenvalue weighted by Crippen LogP contribution is 2.18. The summed E-state index contributed by atoms with van der Waals surface area (Å²) in [5, 5.41) is 0. The number of hydrogen-bond donors (Lipinski definition) is 0. The standard InChI is InChI=1S/C8H7F3N2O3/c1-15-7(14)5-6(13-3-2-12-5)16-4-8(9,10)11/h2-3H,4H2,1H3. The number of alkyl halides is 3. The summed E-state index contributed by atoms with van der Waals surface area (Å²) in [5.74, 6) is -1.42. The first-order valence-corrected chi connectivity index (χ1v) is 4.03. The molecule has 0 bridgehead atoms. The van der Waals surface area contributed by atoms with Crippen molar-refractivity contribution in [2.24, 2.45) is 0 Å². The van der Waals surface area contributed by atoms with Gasteiger partial charge in [-0.05, 0) is 0 Å². The van der Waals surface area contributed by atoms with Crippen molar-refractivity contribution < 1.29 is 27.4 Å². The Morgan fingerprint density at radius 3 is 2.56 bits per heavy atom. The molecule has 0 saturated heterocycles. The fourth-order valence-corrected chi connectivity index (χ4v) is 0.818. The molecule has 0 unspecified atom stereocenters. The van der Waals surface area contributed by atoms with E-state index in [2.05, 4.69) is 19.4 Å². The molecule has 0 aliphatic carbocycles. The molecule has 88 valence electrons. The number of carbonyl (C=O) groups excluding carboxylic acids is 1. The number of carbonyl (C=O) groups is 1. The predicted molar refractivity (Wildman–Crippen MR) is 44.9 cm³/mol. The van der Waals surface area contributed by atoms with Crippen LogP contribution in [-0.2, 0) is 4.74 Å². The first-order chi connectivity index (χ1) is 7.44. The van der Waals surface area contributed by atoms with E-state index in [1.54, 1.807) is 0 Å². The SMILES string of the molecule is COC(=O)c1nccnc1OCC(F)(F)F. The number of ether oxygens (including phenoxy) is 2. The van der Waals surface area contributed by atoms with E-state index in [4.69, 9.17) is 0 Å². The summed E-state index contributed by atoms with van der Waals surface area (Å²) in [5.41, 5.74) is -0.394. The molecule has 1 aromatic rings. The zero-order valence-electron chi connectivity index (χ0n) is 8.11. The molecule has 5 nitrogen and oxygen atoms in total. The van der Waals surface area contributed by atoms with Gasteiger partial charge in [-0.3, -0.25) is 0 Å². The fourth-order valence-electron chi connectivity index (χ4n) is 0.818. The lowest BCUT2D eigenvalue weighted by Gasteiger charge is -2.09. The summed E-state index contributed by atoms with van der Waals surface area (Å²) >= 11 is 0. The van der Waals surface area contributed by atoms with Crippen molar-refractivity contribution in [2.45, 2.75) is 6.18 Å². The number of aromatic nitrogens is 2. The van der Waals surface area contributed by atoms with E-state index in [1.807, 2.05) is 0 Å². The normalized spacial score (nSPS) is 11.0. The maximum absolute atomic E-state index is 11.9. The van der Waals surface area contributed by atoms with Crippen LogP contribution in [0.3, 0.4) is 0 Å². The van der Waals surface area contributed by atoms with Crippen molar-refractivity contribution in [3.05, 3.63) is 18.1 Å². The van der Waals surface area contributed by atoms with Gasteiger partial charge in [0.25, 0.3) is 0 Å². The van der Waals surface area contributed by atoms with E-state index in [0.717, 1.165) is 19.5 Å². The smallest absolute Gasteiger partial charge is 0.422 e. The van der Waals surface area contributed by atoms with Gasteiger partial charge in [-0.1, -0.05) is 0 Å². The third kappa shape index (κ3) is 3.37. The number of halogens is 3. The summed E-state index contributed by atoms with van der Waals surface area (Å²) < 4.78 is 44.2. The van der Waals surface area contributed by atoms with Gasteiger partial charge >= 0.3 is 12.1 Å². The van der Waals surface area contributed by atoms with Gasteiger partial charge in [0.05, 0.1) is 7.11 Å². The molecule has 1 aromatic heterocycles. The lowest BCUT2D eigenvalue weighted by Crippen LogP contribution is -2.21. The van der Waals surface area contributed by atoms with Crippen molar-refractivity contribution in [1.82, 2.24) is 9.97 Å². The van der Waals surface area contributed by atoms with Crippen LogP contribution in [0.2, 0.25) is 0 Å². The number of nitrogens with zero attached hydrogens (tertiary/aromatic N) is 2. The average Bonchev–Trinajstić information content (AvgIpc) is 2.25. The van der Waals surface area contributed by atoms with E-state index in [9.17, 15) is 18.0 Å². The molecule has 0 N–H and O–H groups in total. The maximum atomic E-state index is 11.9. The molecule has 0 fully saturated rings. The van der Waals surface area contributed by atoms with Crippen LogP contribution in [0, 0.1) is 0 Å². The van der Waals surface area contributed by atoms with Crippen molar-refractivity contribution in [2.75, 3.05) is 13.7 Å². The van der Waals surface area contributed by atoms with E-state index in [0.29, 0.717) is 0 Å². The van der Waals surface area contributed by atoms with Gasteiger partial charge in [-0.2, -0.15) is 13.2 Å². The molecule has 0 aliphatic rings. The van der Waals surface area contributed by atoms with Gasteiger partial charge in [0.15, 0.2) is 6.61 Å². The van der Waals surface area contributed by atoms with Crippen LogP contribution in [-0.4, -0.2) is 35.8 Å². The van der Waals surface area contributed by atoms with E-state index < -0.39 is 30.3 Å². The van der Waals surface area contributed by atoms with Gasteiger partial charge in [0, 0.05) is 12.4 Å². The van der Waals surface area contributed by atoms with Gasteiger partial charge in [-0.25, -0.2) is 14.8 Å². The van der Waals surface area contributed by atoms with Crippen molar-refractivity contribution in [1.29, 1.82) is 0 Å². The summed E-state index contributed by atoms with van der Waals surface area (Å²) in [6, 6.07) is 0. The minimum Gasteiger partial charge on any atom is -0.466 e. The largest absolute Gasteiger partial charge is 0.466 e. The number of methoxy groups -OCH3 is 1. The molecule has 8 heteroatoms. The lowest BCUT2D eigenvalue weighted by atomic mass is 10.4. The third-order valence-corrected chi connectivity index (χ3v) is 1.42. The average molecular weight is 236 g/mol. The molecule has 0 atom stereocenters. The Balaban J connectivity index is 2.83. The van der Waals surface area contributed by atoms with Crippen LogP contribution < -0.4 is 4.74 Å². The molecule has 0 aliphatic heterocycles. The van der Waals surface area contributed by atoms with Gasteiger partial charge in [0.1, 0.15) is 0 Å². The second-order valence-corrected chi connectivity index (χ2v) is 2.61.